The molecule has 7 heteroatoms. The zero-order chi connectivity index (χ0) is 27.7. The molecule has 212 valence electrons. The summed E-state index contributed by atoms with van der Waals surface area (Å²) in [6, 6.07) is 21.3. The van der Waals surface area contributed by atoms with Gasteiger partial charge >= 0.3 is 5.97 Å². The SMILES string of the molecule is CCCSC(CC)OC(C(=O)OC1CC2CCC(C1)[N+]21CCCC1)(c1ccccc1)c1ccccc1.O=C[O-]. The third-order valence-electron chi connectivity index (χ3n) is 8.83. The minimum Gasteiger partial charge on any atom is -0.554 e. The second-order valence-corrected chi connectivity index (χ2v) is 12.2. The fourth-order valence-corrected chi connectivity index (χ4v) is 8.10. The van der Waals surface area contributed by atoms with Crippen LogP contribution in [0.25, 0.3) is 0 Å². The van der Waals surface area contributed by atoms with Crippen molar-refractivity contribution in [3.63, 3.8) is 0 Å². The molecule has 0 saturated carbocycles. The molecule has 3 unspecified atom stereocenters. The molecule has 39 heavy (non-hydrogen) atoms. The summed E-state index contributed by atoms with van der Waals surface area (Å²) in [5.74, 6) is 0.744. The largest absolute Gasteiger partial charge is 0.554 e. The number of hydrogen-bond donors (Lipinski definition) is 0. The number of rotatable bonds is 10. The highest BCUT2D eigenvalue weighted by atomic mass is 32.2. The Morgan fingerprint density at radius 2 is 1.51 bits per heavy atom. The Labute approximate surface area is 237 Å². The van der Waals surface area contributed by atoms with Gasteiger partial charge in [0.2, 0.25) is 5.60 Å². The molecular formula is C32H43NO5S. The molecule has 0 N–H and O–H groups in total. The maximum atomic E-state index is 14.4. The summed E-state index contributed by atoms with van der Waals surface area (Å²) in [4.78, 5) is 22.7. The second kappa shape index (κ2) is 13.8. The minimum absolute atomic E-state index is 0.0295. The smallest absolute Gasteiger partial charge is 0.348 e. The van der Waals surface area contributed by atoms with E-state index in [9.17, 15) is 4.79 Å². The van der Waals surface area contributed by atoms with Crippen molar-refractivity contribution in [3.8, 4) is 0 Å². The molecule has 1 spiro atoms. The number of carbonyl (C=O) groups excluding carboxylic acids is 2. The maximum Gasteiger partial charge on any atom is 0.348 e. The highest BCUT2D eigenvalue weighted by molar-refractivity contribution is 7.99. The quantitative estimate of drug-likeness (QED) is 0.178. The van der Waals surface area contributed by atoms with Gasteiger partial charge in [0.1, 0.15) is 11.5 Å². The minimum atomic E-state index is -1.28. The Balaban J connectivity index is 0.00000112. The zero-order valence-corrected chi connectivity index (χ0v) is 24.2. The Morgan fingerprint density at radius 3 is 1.97 bits per heavy atom. The molecule has 2 aromatic rings. The molecule has 3 atom stereocenters. The average molecular weight is 554 g/mol. The predicted molar refractivity (Wildman–Crippen MR) is 153 cm³/mol. The zero-order valence-electron chi connectivity index (χ0n) is 23.3. The Bertz CT molecular complexity index is 988. The van der Waals surface area contributed by atoms with Crippen LogP contribution in [0.2, 0.25) is 0 Å². The Hall–Kier alpha value is -2.35. The molecule has 6 nitrogen and oxygen atoms in total. The van der Waals surface area contributed by atoms with Crippen LogP contribution in [0.15, 0.2) is 60.7 Å². The second-order valence-electron chi connectivity index (χ2n) is 11.0. The fourth-order valence-electron chi connectivity index (χ4n) is 7.15. The number of hydrogen-bond acceptors (Lipinski definition) is 6. The van der Waals surface area contributed by atoms with E-state index in [1.807, 2.05) is 60.7 Å². The summed E-state index contributed by atoms with van der Waals surface area (Å²) in [6.45, 7) is 6.47. The van der Waals surface area contributed by atoms with Crippen molar-refractivity contribution in [2.75, 3.05) is 18.8 Å². The van der Waals surface area contributed by atoms with E-state index in [1.165, 1.54) is 43.3 Å². The Kier molecular flexibility index (Phi) is 10.5. The summed E-state index contributed by atoms with van der Waals surface area (Å²) in [5, 5.41) is 8.25. The highest BCUT2D eigenvalue weighted by Gasteiger charge is 2.57. The number of benzene rings is 2. The van der Waals surface area contributed by atoms with E-state index in [0.29, 0.717) is 12.1 Å². The number of carboxylic acid groups (broad SMARTS) is 1. The van der Waals surface area contributed by atoms with Gasteiger partial charge in [-0.2, -0.15) is 0 Å². The van der Waals surface area contributed by atoms with E-state index in [1.54, 1.807) is 11.8 Å². The molecule has 5 rings (SSSR count). The van der Waals surface area contributed by atoms with Gasteiger partial charge in [-0.05, 0) is 29.7 Å². The lowest BCUT2D eigenvalue weighted by atomic mass is 9.85. The van der Waals surface area contributed by atoms with Gasteiger partial charge in [-0.3, -0.25) is 0 Å². The van der Waals surface area contributed by atoms with Crippen molar-refractivity contribution in [2.45, 2.75) is 94.4 Å². The lowest BCUT2D eigenvalue weighted by molar-refractivity contribution is -0.956. The molecule has 0 aliphatic carbocycles. The van der Waals surface area contributed by atoms with Crippen LogP contribution in [-0.4, -0.2) is 59.4 Å². The third kappa shape index (κ3) is 6.21. The van der Waals surface area contributed by atoms with Crippen LogP contribution in [0.3, 0.4) is 0 Å². The van der Waals surface area contributed by atoms with E-state index in [-0.39, 0.29) is 17.5 Å². The van der Waals surface area contributed by atoms with Crippen molar-refractivity contribution in [3.05, 3.63) is 71.8 Å². The number of carbonyl (C=O) groups is 2. The lowest BCUT2D eigenvalue weighted by Gasteiger charge is -2.47. The number of nitrogens with zero attached hydrogens (tertiary/aromatic N) is 1. The first-order valence-corrected chi connectivity index (χ1v) is 15.6. The topological polar surface area (TPSA) is 75.7 Å². The third-order valence-corrected chi connectivity index (χ3v) is 10.3. The van der Waals surface area contributed by atoms with Crippen molar-refractivity contribution in [2.24, 2.45) is 0 Å². The first-order chi connectivity index (χ1) is 19.0. The van der Waals surface area contributed by atoms with Crippen LogP contribution in [0, 0.1) is 0 Å². The molecule has 3 heterocycles. The summed E-state index contributed by atoms with van der Waals surface area (Å²) in [6.07, 6.45) is 9.11. The van der Waals surface area contributed by atoms with Crippen molar-refractivity contribution >= 4 is 24.2 Å². The molecule has 0 radical (unpaired) electrons. The van der Waals surface area contributed by atoms with Gasteiger partial charge in [0.25, 0.3) is 0 Å². The van der Waals surface area contributed by atoms with Crippen LogP contribution in [0.5, 0.6) is 0 Å². The van der Waals surface area contributed by atoms with Gasteiger partial charge in [0, 0.05) is 45.0 Å². The molecule has 0 amide bonds. The summed E-state index contributed by atoms with van der Waals surface area (Å²) in [7, 11) is 0. The molecular weight excluding hydrogens is 510 g/mol. The van der Waals surface area contributed by atoms with E-state index in [0.717, 1.165) is 42.6 Å². The molecule has 3 fully saturated rings. The molecule has 0 aromatic heterocycles. The molecule has 2 bridgehead atoms. The van der Waals surface area contributed by atoms with Crippen molar-refractivity contribution in [1.29, 1.82) is 0 Å². The first-order valence-electron chi connectivity index (χ1n) is 14.6. The molecule has 3 saturated heterocycles. The van der Waals surface area contributed by atoms with Crippen LogP contribution in [0.4, 0.5) is 0 Å². The van der Waals surface area contributed by atoms with Crippen LogP contribution >= 0.6 is 11.8 Å². The monoisotopic (exact) mass is 553 g/mol. The first kappa shape index (κ1) is 29.6. The lowest BCUT2D eigenvalue weighted by Crippen LogP contribution is -2.60. The normalized spacial score (nSPS) is 24.0. The summed E-state index contributed by atoms with van der Waals surface area (Å²) < 4.78 is 14.7. The van der Waals surface area contributed by atoms with E-state index in [4.69, 9.17) is 19.4 Å². The van der Waals surface area contributed by atoms with Crippen LogP contribution in [-0.2, 0) is 24.7 Å². The number of piperidine rings is 1. The predicted octanol–water partition coefficient (Wildman–Crippen LogP) is 5.04. The molecule has 3 aliphatic rings. The molecule has 2 aromatic carbocycles. The average Bonchev–Trinajstić information content (AvgIpc) is 3.51. The standard InChI is InChI=1S/C31H42NO3S.CH2O2/c1-3-21-36-29(4-2)35-31(24-13-7-5-8-14-24,25-15-9-6-10-16-25)30(33)34-28-22-26-17-18-27(23-28)32(26)19-11-12-20-32;2-1-3/h5-10,13-16,26-29H,3-4,11-12,17-23H2,1-2H3;1H,(H,2,3)/q+1;/p-1. The van der Waals surface area contributed by atoms with Crippen molar-refractivity contribution < 1.29 is 28.7 Å². The number of esters is 1. The summed E-state index contributed by atoms with van der Waals surface area (Å²) >= 11 is 1.79. The van der Waals surface area contributed by atoms with Gasteiger partial charge in [-0.1, -0.05) is 74.5 Å². The Morgan fingerprint density at radius 1 is 1.00 bits per heavy atom. The summed E-state index contributed by atoms with van der Waals surface area (Å²) in [5.41, 5.74) is 0.316. The van der Waals surface area contributed by atoms with Gasteiger partial charge < -0.3 is 23.9 Å². The number of thioether (sulfide) groups is 1. The number of quaternary nitrogens is 1. The van der Waals surface area contributed by atoms with E-state index >= 15 is 0 Å². The number of ether oxygens (including phenoxy) is 2. The van der Waals surface area contributed by atoms with Crippen molar-refractivity contribution in [1.82, 2.24) is 0 Å². The van der Waals surface area contributed by atoms with Crippen LogP contribution < -0.4 is 5.11 Å². The molecule has 3 aliphatic heterocycles. The van der Waals surface area contributed by atoms with Gasteiger partial charge in [0.05, 0.1) is 25.2 Å². The highest BCUT2D eigenvalue weighted by Crippen LogP contribution is 2.47. The van der Waals surface area contributed by atoms with Gasteiger partial charge in [-0.15, -0.1) is 11.8 Å². The van der Waals surface area contributed by atoms with E-state index in [2.05, 4.69) is 13.8 Å². The maximum absolute atomic E-state index is 14.4. The fraction of sp³-hybridized carbons (Fsp3) is 0.562. The van der Waals surface area contributed by atoms with Crippen LogP contribution in [0.1, 0.15) is 76.3 Å². The van der Waals surface area contributed by atoms with E-state index < -0.39 is 12.1 Å². The van der Waals surface area contributed by atoms with Gasteiger partial charge in [-0.25, -0.2) is 4.79 Å². The van der Waals surface area contributed by atoms with Gasteiger partial charge in [0.15, 0.2) is 0 Å².